The number of carbonyl (C=O) groups excluding carboxylic acids is 2. The van der Waals surface area contributed by atoms with Crippen molar-refractivity contribution in [2.45, 2.75) is 19.4 Å². The van der Waals surface area contributed by atoms with Gasteiger partial charge in [0.25, 0.3) is 0 Å². The second-order valence-electron chi connectivity index (χ2n) is 6.91. The fourth-order valence-corrected chi connectivity index (χ4v) is 3.55. The van der Waals surface area contributed by atoms with Gasteiger partial charge in [-0.3, -0.25) is 14.5 Å². The normalized spacial score (nSPS) is 17.4. The van der Waals surface area contributed by atoms with Crippen LogP contribution in [0, 0.1) is 0 Å². The van der Waals surface area contributed by atoms with Gasteiger partial charge in [0.05, 0.1) is 20.2 Å². The Morgan fingerprint density at radius 2 is 1.96 bits per heavy atom. The van der Waals surface area contributed by atoms with E-state index >= 15 is 0 Å². The van der Waals surface area contributed by atoms with Crippen molar-refractivity contribution < 1.29 is 14.3 Å². The Bertz CT molecular complexity index is 810. The predicted octanol–water partition coefficient (Wildman–Crippen LogP) is 2.09. The van der Waals surface area contributed by atoms with Crippen LogP contribution in [0.5, 0.6) is 5.75 Å². The highest BCUT2D eigenvalue weighted by atomic mass is 16.5. The lowest BCUT2D eigenvalue weighted by Crippen LogP contribution is -2.59. The van der Waals surface area contributed by atoms with Crippen molar-refractivity contribution in [1.82, 2.24) is 10.2 Å². The maximum absolute atomic E-state index is 12.9. The number of nitrogens with one attached hydrogen (secondary N) is 1. The summed E-state index contributed by atoms with van der Waals surface area (Å²) in [6.07, 6.45) is 0.772. The van der Waals surface area contributed by atoms with Crippen molar-refractivity contribution in [2.24, 2.45) is 0 Å². The number of methoxy groups -OCH3 is 1. The highest BCUT2D eigenvalue weighted by Gasteiger charge is 2.34. The SMILES string of the molecule is CCNC(=O)CN1CC(=O)N(c2cccc(OC)c2)C[C@@H]1Cc1ccccc1. The van der Waals surface area contributed by atoms with E-state index in [4.69, 9.17) is 4.74 Å². The molecular weight excluding hydrogens is 354 g/mol. The Morgan fingerprint density at radius 3 is 2.68 bits per heavy atom. The van der Waals surface area contributed by atoms with Crippen LogP contribution in [0.4, 0.5) is 5.69 Å². The molecule has 1 aliphatic rings. The molecule has 6 heteroatoms. The molecule has 1 heterocycles. The summed E-state index contributed by atoms with van der Waals surface area (Å²) >= 11 is 0. The number of anilines is 1. The minimum absolute atomic E-state index is 0.0122. The maximum atomic E-state index is 12.9. The molecule has 6 nitrogen and oxygen atoms in total. The van der Waals surface area contributed by atoms with Crippen LogP contribution in [-0.4, -0.2) is 56.0 Å². The summed E-state index contributed by atoms with van der Waals surface area (Å²) in [6.45, 7) is 3.44. The molecule has 2 amide bonds. The molecule has 0 saturated carbocycles. The van der Waals surface area contributed by atoms with E-state index in [1.165, 1.54) is 5.56 Å². The van der Waals surface area contributed by atoms with Gasteiger partial charge in [-0.05, 0) is 31.0 Å². The first kappa shape index (κ1) is 19.9. The molecule has 0 spiro atoms. The third-order valence-corrected chi connectivity index (χ3v) is 4.95. The zero-order chi connectivity index (χ0) is 19.9. The number of amides is 2. The summed E-state index contributed by atoms with van der Waals surface area (Å²) < 4.78 is 5.30. The first-order valence-electron chi connectivity index (χ1n) is 9.59. The van der Waals surface area contributed by atoms with Gasteiger partial charge in [-0.25, -0.2) is 0 Å². The van der Waals surface area contributed by atoms with Gasteiger partial charge in [-0.2, -0.15) is 0 Å². The molecule has 2 aromatic carbocycles. The summed E-state index contributed by atoms with van der Waals surface area (Å²) in [6, 6.07) is 17.8. The summed E-state index contributed by atoms with van der Waals surface area (Å²) in [4.78, 5) is 28.8. The number of benzene rings is 2. The molecule has 28 heavy (non-hydrogen) atoms. The summed E-state index contributed by atoms with van der Waals surface area (Å²) in [5.74, 6) is 0.653. The molecule has 1 N–H and O–H groups in total. The number of carbonyl (C=O) groups is 2. The minimum atomic E-state index is -0.0526. The molecule has 0 bridgehead atoms. The zero-order valence-corrected chi connectivity index (χ0v) is 16.4. The first-order valence-corrected chi connectivity index (χ1v) is 9.59. The van der Waals surface area contributed by atoms with Gasteiger partial charge in [-0.1, -0.05) is 36.4 Å². The smallest absolute Gasteiger partial charge is 0.241 e. The first-order chi connectivity index (χ1) is 13.6. The second kappa shape index (κ2) is 9.37. The monoisotopic (exact) mass is 381 g/mol. The third kappa shape index (κ3) is 4.89. The van der Waals surface area contributed by atoms with Crippen LogP contribution in [-0.2, 0) is 16.0 Å². The van der Waals surface area contributed by atoms with E-state index < -0.39 is 0 Å². The van der Waals surface area contributed by atoms with Crippen LogP contribution in [0.1, 0.15) is 12.5 Å². The third-order valence-electron chi connectivity index (χ3n) is 4.95. The van der Waals surface area contributed by atoms with Crippen molar-refractivity contribution in [3.05, 3.63) is 60.2 Å². The molecule has 1 aliphatic heterocycles. The Morgan fingerprint density at radius 1 is 1.18 bits per heavy atom. The Kier molecular flexibility index (Phi) is 6.66. The van der Waals surface area contributed by atoms with E-state index in [0.717, 1.165) is 17.9 Å². The van der Waals surface area contributed by atoms with E-state index in [-0.39, 0.29) is 30.9 Å². The number of ether oxygens (including phenoxy) is 1. The quantitative estimate of drug-likeness (QED) is 0.798. The maximum Gasteiger partial charge on any atom is 0.241 e. The Labute approximate surface area is 166 Å². The molecule has 2 aromatic rings. The van der Waals surface area contributed by atoms with Crippen molar-refractivity contribution in [2.75, 3.05) is 38.2 Å². The van der Waals surface area contributed by atoms with Gasteiger partial charge in [0.1, 0.15) is 5.75 Å². The highest BCUT2D eigenvalue weighted by Crippen LogP contribution is 2.25. The van der Waals surface area contributed by atoms with Gasteiger partial charge in [0.2, 0.25) is 11.8 Å². The molecule has 1 fully saturated rings. The van der Waals surface area contributed by atoms with Crippen LogP contribution in [0.3, 0.4) is 0 Å². The number of likely N-dealkylation sites (N-methyl/N-ethyl adjacent to an activating group) is 1. The van der Waals surface area contributed by atoms with Gasteiger partial charge < -0.3 is 15.0 Å². The van der Waals surface area contributed by atoms with E-state index in [1.807, 2.05) is 54.3 Å². The average Bonchev–Trinajstić information content (AvgIpc) is 2.71. The molecule has 0 unspecified atom stereocenters. The van der Waals surface area contributed by atoms with Crippen LogP contribution >= 0.6 is 0 Å². The standard InChI is InChI=1S/C22H27N3O3/c1-3-23-21(26)15-24-16-22(27)25(18-10-7-11-20(13-18)28-2)14-19(24)12-17-8-5-4-6-9-17/h4-11,13,19H,3,12,14-16H2,1-2H3,(H,23,26)/t19-/m0/s1. The minimum Gasteiger partial charge on any atom is -0.497 e. The van der Waals surface area contributed by atoms with E-state index in [1.54, 1.807) is 12.0 Å². The van der Waals surface area contributed by atoms with Crippen LogP contribution < -0.4 is 15.0 Å². The van der Waals surface area contributed by atoms with Crippen LogP contribution in [0.15, 0.2) is 54.6 Å². The number of hydrogen-bond donors (Lipinski definition) is 1. The summed E-state index contributed by atoms with van der Waals surface area (Å²) in [7, 11) is 1.61. The largest absolute Gasteiger partial charge is 0.497 e. The topological polar surface area (TPSA) is 61.9 Å². The van der Waals surface area contributed by atoms with E-state index in [0.29, 0.717) is 13.1 Å². The summed E-state index contributed by atoms with van der Waals surface area (Å²) in [5, 5.41) is 2.83. The molecular formula is C22H27N3O3. The number of nitrogens with zero attached hydrogens (tertiary/aromatic N) is 2. The summed E-state index contributed by atoms with van der Waals surface area (Å²) in [5.41, 5.74) is 2.01. The van der Waals surface area contributed by atoms with Crippen molar-refractivity contribution in [1.29, 1.82) is 0 Å². The Balaban J connectivity index is 1.82. The number of hydrogen-bond acceptors (Lipinski definition) is 4. The lowest BCUT2D eigenvalue weighted by molar-refractivity contribution is -0.126. The highest BCUT2D eigenvalue weighted by molar-refractivity contribution is 5.96. The molecule has 0 radical (unpaired) electrons. The van der Waals surface area contributed by atoms with Crippen molar-refractivity contribution in [3.8, 4) is 5.75 Å². The van der Waals surface area contributed by atoms with E-state index in [2.05, 4.69) is 17.4 Å². The van der Waals surface area contributed by atoms with Crippen molar-refractivity contribution in [3.63, 3.8) is 0 Å². The molecule has 0 aromatic heterocycles. The fraction of sp³-hybridized carbons (Fsp3) is 0.364. The molecule has 148 valence electrons. The zero-order valence-electron chi connectivity index (χ0n) is 16.4. The fourth-order valence-electron chi connectivity index (χ4n) is 3.55. The lowest BCUT2D eigenvalue weighted by atomic mass is 10.0. The van der Waals surface area contributed by atoms with Crippen molar-refractivity contribution >= 4 is 17.5 Å². The lowest BCUT2D eigenvalue weighted by Gasteiger charge is -2.40. The predicted molar refractivity (Wildman–Crippen MR) is 110 cm³/mol. The van der Waals surface area contributed by atoms with E-state index in [9.17, 15) is 9.59 Å². The number of piperazine rings is 1. The van der Waals surface area contributed by atoms with Crippen LogP contribution in [0.2, 0.25) is 0 Å². The van der Waals surface area contributed by atoms with Gasteiger partial charge in [0, 0.05) is 30.9 Å². The molecule has 0 aliphatic carbocycles. The average molecular weight is 381 g/mol. The van der Waals surface area contributed by atoms with Gasteiger partial charge in [0.15, 0.2) is 0 Å². The van der Waals surface area contributed by atoms with Gasteiger partial charge >= 0.3 is 0 Å². The Hall–Kier alpha value is -2.86. The molecule has 1 saturated heterocycles. The van der Waals surface area contributed by atoms with Gasteiger partial charge in [-0.15, -0.1) is 0 Å². The number of rotatable bonds is 7. The molecule has 3 rings (SSSR count). The van der Waals surface area contributed by atoms with Crippen LogP contribution in [0.25, 0.3) is 0 Å². The molecule has 1 atom stereocenters. The second-order valence-corrected chi connectivity index (χ2v) is 6.91.